The lowest BCUT2D eigenvalue weighted by molar-refractivity contribution is 0.667. The van der Waals surface area contributed by atoms with Crippen molar-refractivity contribution in [2.45, 2.75) is 129 Å². The van der Waals surface area contributed by atoms with Crippen LogP contribution in [0.25, 0.3) is 65.4 Å². The fraction of sp³-hybridized carbons (Fsp3) is 0.200. The molecule has 0 saturated carbocycles. The van der Waals surface area contributed by atoms with E-state index in [1.54, 1.807) is 0 Å². The number of rotatable bonds is 18. The van der Waals surface area contributed by atoms with Crippen molar-refractivity contribution in [3.05, 3.63) is 333 Å². The smallest absolute Gasteiger partial charge is 0.161 e. The van der Waals surface area contributed by atoms with Crippen LogP contribution in [0.3, 0.4) is 0 Å². The number of benzene rings is 13. The summed E-state index contributed by atoms with van der Waals surface area (Å²) in [6.07, 6.45) is 3.34. The first-order valence-electron chi connectivity index (χ1n) is 39.6. The molecule has 11 heteroatoms. The van der Waals surface area contributed by atoms with Crippen LogP contribution in [0.5, 0.6) is 0 Å². The Morgan fingerprint density at radius 1 is 0.234 bits per heavy atom. The van der Waals surface area contributed by atoms with Crippen LogP contribution in [0.2, 0.25) is 54.4 Å². The normalized spacial score (nSPS) is 13.8. The van der Waals surface area contributed by atoms with Gasteiger partial charge in [-0.05, 0) is 216 Å². The quantitative estimate of drug-likeness (QED) is 0.0799. The van der Waals surface area contributed by atoms with Crippen LogP contribution in [-0.4, -0.2) is 43.4 Å². The molecule has 1 aliphatic rings. The van der Waals surface area contributed by atoms with E-state index in [1.165, 1.54) is 71.1 Å². The van der Waals surface area contributed by atoms with E-state index in [0.717, 1.165) is 80.4 Å². The highest BCUT2D eigenvalue weighted by atomic mass is 28.3. The molecule has 1 aliphatic carbocycles. The molecule has 0 bridgehead atoms. The summed E-state index contributed by atoms with van der Waals surface area (Å²) in [4.78, 5) is 12.4. The highest BCUT2D eigenvalue weighted by Crippen LogP contribution is 2.52. The van der Waals surface area contributed by atoms with E-state index in [4.69, 9.17) is 0 Å². The van der Waals surface area contributed by atoms with Crippen molar-refractivity contribution < 1.29 is 0 Å². The Morgan fingerprint density at radius 3 is 0.721 bits per heavy atom. The van der Waals surface area contributed by atoms with E-state index in [2.05, 4.69) is 466 Å². The second-order valence-corrected chi connectivity index (χ2v) is 50.3. The second kappa shape index (κ2) is 27.6. The lowest BCUT2D eigenvalue weighted by Gasteiger charge is -2.44. The summed E-state index contributed by atoms with van der Waals surface area (Å²) in [5.74, 6) is 0. The molecule has 1 atom stereocenters. The van der Waals surface area contributed by atoms with Crippen molar-refractivity contribution in [3.8, 4) is 0 Å². The monoisotopic (exact) mass is 1500 g/mol. The first-order chi connectivity index (χ1) is 53.3. The standard InChI is InChI=1S/C100H102N8Si3/c1-98(2,3)109(10,11)106-90-45-31-28-42-84(90)87-68-81(60-63-93(87)106)102(76-50-48-75(49-51-76)101(71-34-20-16-21-35-71)72-36-22-17-23-37-72)77-52-54-78(55-53-77)103(82-61-64-94-88(69-82)85-43-29-32-46-91(85)107(94)110(12,13)99(4,5)6)79-56-58-80(59-57-79)105(97-67-66-96(97)104(73-38-24-18-25-39-73)74-40-26-19-27-41-74)83-62-65-95-89(70-83)86-44-30-33-47-92(86)108(95)111(14,15)100(7,8)9/h16-65,67-70,96H,66H2,1-15H3/t96-/m1/s1. The van der Waals surface area contributed by atoms with Crippen LogP contribution in [0.15, 0.2) is 333 Å². The lowest BCUT2D eigenvalue weighted by atomic mass is 9.92. The third-order valence-electron chi connectivity index (χ3n) is 25.6. The minimum atomic E-state index is -2.15. The molecule has 0 saturated heterocycles. The van der Waals surface area contributed by atoms with Crippen molar-refractivity contribution in [3.63, 3.8) is 0 Å². The second-order valence-electron chi connectivity index (χ2n) is 35.1. The summed E-state index contributed by atoms with van der Waals surface area (Å²) in [7, 11) is -6.39. The number of fused-ring (bicyclic) bond motifs is 9. The fourth-order valence-corrected chi connectivity index (χ4v) is 23.6. The largest absolute Gasteiger partial charge is 0.368 e. The van der Waals surface area contributed by atoms with Gasteiger partial charge in [-0.3, -0.25) is 0 Å². The summed E-state index contributed by atoms with van der Waals surface area (Å²) in [6.45, 7) is 37.0. The lowest BCUT2D eigenvalue weighted by Crippen LogP contribution is -2.45. The zero-order valence-corrected chi connectivity index (χ0v) is 70.0. The Kier molecular flexibility index (Phi) is 18.0. The molecular weight excluding hydrogens is 1400 g/mol. The molecule has 0 aliphatic heterocycles. The molecule has 8 nitrogen and oxygen atoms in total. The molecule has 0 fully saturated rings. The topological polar surface area (TPSA) is 31.0 Å². The molecule has 17 rings (SSSR count). The summed E-state index contributed by atoms with van der Waals surface area (Å²) in [6, 6.07) is 120. The summed E-state index contributed by atoms with van der Waals surface area (Å²) < 4.78 is 8.19. The van der Waals surface area contributed by atoms with Gasteiger partial charge in [0, 0.05) is 145 Å². The van der Waals surface area contributed by atoms with Crippen molar-refractivity contribution in [2.75, 3.05) is 24.5 Å². The number of hydrogen-bond donors (Lipinski definition) is 0. The molecule has 111 heavy (non-hydrogen) atoms. The molecule has 3 aromatic heterocycles. The Morgan fingerprint density at radius 2 is 0.450 bits per heavy atom. The average molecular weight is 1500 g/mol. The highest BCUT2D eigenvalue weighted by Gasteiger charge is 2.43. The van der Waals surface area contributed by atoms with E-state index >= 15 is 0 Å². The van der Waals surface area contributed by atoms with Crippen molar-refractivity contribution in [1.29, 1.82) is 0 Å². The third kappa shape index (κ3) is 12.4. The van der Waals surface area contributed by atoms with E-state index in [1.807, 2.05) is 0 Å². The third-order valence-corrected chi connectivity index (χ3v) is 41.4. The SMILES string of the molecule is CC(C)(C)[Si](C)(C)n1c2ccccc2c2cc(N(C3=CC[C@H]3N(c3ccccc3)c3ccccc3)c3ccc(N(c4ccc(N(c5ccc(N(c6ccccc6)c6ccccc6)cc5)c5ccc6c(c5)c5ccccc5n6[Si](C)(C)C(C)(C)C)cc4)c4ccc5c(c4)c4ccccc4n5[Si](C)(C)C(C)(C)C)cc3)ccc21. The maximum atomic E-state index is 2.73. The van der Waals surface area contributed by atoms with Gasteiger partial charge in [-0.2, -0.15) is 0 Å². The summed E-state index contributed by atoms with van der Waals surface area (Å²) in [5.41, 5.74) is 23.2. The van der Waals surface area contributed by atoms with Crippen LogP contribution >= 0.6 is 0 Å². The van der Waals surface area contributed by atoms with Crippen LogP contribution in [0, 0.1) is 0 Å². The Labute approximate surface area is 659 Å². The number of para-hydroxylation sites is 7. The van der Waals surface area contributed by atoms with Crippen LogP contribution < -0.4 is 24.5 Å². The number of aromatic nitrogens is 3. The van der Waals surface area contributed by atoms with Gasteiger partial charge in [0.15, 0.2) is 24.7 Å². The number of nitrogens with zero attached hydrogens (tertiary/aromatic N) is 8. The van der Waals surface area contributed by atoms with Gasteiger partial charge in [0.2, 0.25) is 0 Å². The molecule has 3 heterocycles. The molecule has 16 aromatic rings. The highest BCUT2D eigenvalue weighted by molar-refractivity contribution is 6.81. The Hall–Kier alpha value is -11.3. The van der Waals surface area contributed by atoms with Crippen molar-refractivity contribution in [1.82, 2.24) is 12.7 Å². The predicted octanol–water partition coefficient (Wildman–Crippen LogP) is 29.6. The molecule has 13 aromatic carbocycles. The predicted molar refractivity (Wildman–Crippen MR) is 487 cm³/mol. The van der Waals surface area contributed by atoms with Gasteiger partial charge < -0.3 is 37.2 Å². The average Bonchev–Trinajstić information content (AvgIpc) is 1.60. The van der Waals surface area contributed by atoms with Gasteiger partial charge in [0.25, 0.3) is 0 Å². The zero-order chi connectivity index (χ0) is 77.1. The maximum absolute atomic E-state index is 2.73. The van der Waals surface area contributed by atoms with Crippen LogP contribution in [-0.2, 0) is 0 Å². The van der Waals surface area contributed by atoms with Crippen molar-refractivity contribution in [2.24, 2.45) is 0 Å². The minimum absolute atomic E-state index is 0.0364. The van der Waals surface area contributed by atoms with E-state index < -0.39 is 24.7 Å². The molecule has 0 unspecified atom stereocenters. The molecule has 0 spiro atoms. The number of hydrogen-bond acceptors (Lipinski definition) is 5. The van der Waals surface area contributed by atoms with Crippen LogP contribution in [0.1, 0.15) is 68.7 Å². The van der Waals surface area contributed by atoms with Gasteiger partial charge in [-0.1, -0.05) is 235 Å². The van der Waals surface area contributed by atoms with Gasteiger partial charge >= 0.3 is 0 Å². The van der Waals surface area contributed by atoms with Gasteiger partial charge in [-0.15, -0.1) is 0 Å². The first-order valence-corrected chi connectivity index (χ1v) is 48.4. The van der Waals surface area contributed by atoms with E-state index in [0.29, 0.717) is 0 Å². The summed E-state index contributed by atoms with van der Waals surface area (Å²) >= 11 is 0. The van der Waals surface area contributed by atoms with Crippen molar-refractivity contribution >= 4 is 164 Å². The molecule has 554 valence electrons. The summed E-state index contributed by atoms with van der Waals surface area (Å²) in [5, 5.41) is 7.92. The van der Waals surface area contributed by atoms with E-state index in [9.17, 15) is 0 Å². The molecular formula is C100H102N8Si3. The maximum Gasteiger partial charge on any atom is 0.161 e. The fourth-order valence-electron chi connectivity index (χ4n) is 16.8. The van der Waals surface area contributed by atoms with E-state index in [-0.39, 0.29) is 21.2 Å². The van der Waals surface area contributed by atoms with Crippen LogP contribution in [0.4, 0.5) is 73.9 Å². The Balaban J connectivity index is 0.842. The molecule has 0 radical (unpaired) electrons. The van der Waals surface area contributed by atoms with Gasteiger partial charge in [-0.25, -0.2) is 0 Å². The first kappa shape index (κ1) is 72.5. The Bertz CT molecular complexity index is 6080. The van der Waals surface area contributed by atoms with Gasteiger partial charge in [0.1, 0.15) is 0 Å². The number of anilines is 13. The van der Waals surface area contributed by atoms with Gasteiger partial charge in [0.05, 0.1) is 6.04 Å². The zero-order valence-electron chi connectivity index (χ0n) is 67.0. The molecule has 0 amide bonds. The molecule has 0 N–H and O–H groups in total. The minimum Gasteiger partial charge on any atom is -0.368 e.